The number of allylic oxidation sites excluding steroid dienone is 3. The number of aliphatic hydroxyl groups excluding tert-OH is 10. The van der Waals surface area contributed by atoms with Crippen LogP contribution in [0.1, 0.15) is 165 Å². The maximum absolute atomic E-state index is 14.3. The molecule has 2 aliphatic heterocycles. The topological polar surface area (TPSA) is 386 Å². The molecule has 1 saturated heterocycles. The van der Waals surface area contributed by atoms with Gasteiger partial charge < -0.3 is 87.0 Å². The van der Waals surface area contributed by atoms with Gasteiger partial charge in [-0.25, -0.2) is 0 Å². The Balaban J connectivity index is 2.52. The molecule has 0 radical (unpaired) electrons. The molecule has 21 unspecified atom stereocenters. The van der Waals surface area contributed by atoms with Crippen LogP contribution < -0.4 is 11.5 Å². The number of hydrogen-bond acceptors (Lipinski definition) is 18. The molecular formula is C57H101N3O18. The van der Waals surface area contributed by atoms with Gasteiger partial charge >= 0.3 is 17.9 Å². The van der Waals surface area contributed by atoms with Crippen LogP contribution in [0.15, 0.2) is 40.4 Å². The van der Waals surface area contributed by atoms with Crippen LogP contribution in [0.4, 0.5) is 0 Å². The number of hydrogen-bond donors (Lipinski definition) is 14. The first-order valence-electron chi connectivity index (χ1n) is 28.3. The first kappa shape index (κ1) is 70.5. The van der Waals surface area contributed by atoms with Crippen molar-refractivity contribution in [2.24, 2.45) is 57.9 Å². The lowest BCUT2D eigenvalue weighted by molar-refractivity contribution is -0.333. The van der Waals surface area contributed by atoms with Gasteiger partial charge in [0.15, 0.2) is 11.7 Å². The number of cyclic esters (lactones) is 1. The van der Waals surface area contributed by atoms with E-state index in [1.165, 1.54) is 19.1 Å². The summed E-state index contributed by atoms with van der Waals surface area (Å²) in [5.41, 5.74) is 12.5. The SMILES string of the molecule is C/C(=C\CCCCCN=C(N)N)CC(C)C1OC(=O)C(C)C(OC(=O)CC(=O)O)/C=C/C(C)C(O)CC(O)C(C)C(O)CCC(C)C(O)CC2(O)OC(CC(O)CC(O)CC(O)C(C)C(O)/C(C)=C/CCC1C)CC(O)C2O. The number of carboxylic acid groups (broad SMARTS) is 1. The van der Waals surface area contributed by atoms with Crippen molar-refractivity contribution in [1.29, 1.82) is 0 Å². The van der Waals surface area contributed by atoms with E-state index < -0.39 is 145 Å². The zero-order chi connectivity index (χ0) is 59.2. The number of rotatable bonds is 12. The molecule has 2 aliphatic rings. The third kappa shape index (κ3) is 24.6. The van der Waals surface area contributed by atoms with E-state index in [0.717, 1.165) is 31.3 Å². The number of carboxylic acids is 1. The summed E-state index contributed by atoms with van der Waals surface area (Å²) in [4.78, 5) is 42.6. The quantitative estimate of drug-likeness (QED) is 0.0333. The Bertz CT molecular complexity index is 1920. The summed E-state index contributed by atoms with van der Waals surface area (Å²) in [7, 11) is 0. The highest BCUT2D eigenvalue weighted by molar-refractivity contribution is 5.90. The van der Waals surface area contributed by atoms with E-state index >= 15 is 0 Å². The number of esters is 2. The van der Waals surface area contributed by atoms with Crippen LogP contribution >= 0.6 is 0 Å². The summed E-state index contributed by atoms with van der Waals surface area (Å²) in [5, 5.41) is 132. The average Bonchev–Trinajstić information content (AvgIpc) is 3.34. The van der Waals surface area contributed by atoms with Gasteiger partial charge in [0.2, 0.25) is 0 Å². The predicted octanol–water partition coefficient (Wildman–Crippen LogP) is 3.02. The van der Waals surface area contributed by atoms with Crippen molar-refractivity contribution >= 4 is 23.9 Å². The normalized spacial score (nSPS) is 39.2. The molecule has 16 N–H and O–H groups in total. The second-order valence-electron chi connectivity index (χ2n) is 23.2. The van der Waals surface area contributed by atoms with E-state index in [1.807, 2.05) is 26.8 Å². The highest BCUT2D eigenvalue weighted by Crippen LogP contribution is 2.36. The number of carbonyl (C=O) groups is 3. The molecule has 2 heterocycles. The van der Waals surface area contributed by atoms with Crippen molar-refractivity contribution in [3.63, 3.8) is 0 Å². The van der Waals surface area contributed by atoms with Gasteiger partial charge in [0.05, 0.1) is 67.0 Å². The zero-order valence-electron chi connectivity index (χ0n) is 47.8. The maximum Gasteiger partial charge on any atom is 0.317 e. The van der Waals surface area contributed by atoms with Gasteiger partial charge in [0.1, 0.15) is 24.7 Å². The third-order valence-corrected chi connectivity index (χ3v) is 16.0. The Morgan fingerprint density at radius 2 is 1.42 bits per heavy atom. The summed E-state index contributed by atoms with van der Waals surface area (Å²) >= 11 is 0. The van der Waals surface area contributed by atoms with Crippen LogP contribution in [0.3, 0.4) is 0 Å². The summed E-state index contributed by atoms with van der Waals surface area (Å²) in [6.07, 6.45) is -6.49. The monoisotopic (exact) mass is 1120 g/mol. The van der Waals surface area contributed by atoms with E-state index in [1.54, 1.807) is 34.6 Å². The molecule has 0 aromatic heterocycles. The van der Waals surface area contributed by atoms with E-state index in [4.69, 9.17) is 25.7 Å². The van der Waals surface area contributed by atoms with Gasteiger partial charge in [0.25, 0.3) is 0 Å². The first-order chi connectivity index (χ1) is 36.4. The van der Waals surface area contributed by atoms with Crippen LogP contribution in [-0.2, 0) is 28.6 Å². The third-order valence-electron chi connectivity index (χ3n) is 16.0. The summed E-state index contributed by atoms with van der Waals surface area (Å²) in [6.45, 7) is 16.1. The number of guanidine groups is 1. The fraction of sp³-hybridized carbons (Fsp3) is 0.825. The highest BCUT2D eigenvalue weighted by Gasteiger charge is 2.50. The van der Waals surface area contributed by atoms with Gasteiger partial charge in [-0.3, -0.25) is 19.4 Å². The average molecular weight is 1120 g/mol. The minimum absolute atomic E-state index is 0.0532. The number of ether oxygens (including phenoxy) is 3. The molecule has 0 aromatic rings. The second-order valence-corrected chi connectivity index (χ2v) is 23.2. The number of carbonyl (C=O) groups excluding carboxylic acids is 2. The Hall–Kier alpha value is -3.58. The van der Waals surface area contributed by atoms with Crippen molar-refractivity contribution in [3.05, 3.63) is 35.5 Å². The Morgan fingerprint density at radius 1 is 0.782 bits per heavy atom. The molecule has 21 heteroatoms. The van der Waals surface area contributed by atoms with Crippen molar-refractivity contribution in [3.8, 4) is 0 Å². The minimum atomic E-state index is -2.43. The molecule has 78 heavy (non-hydrogen) atoms. The minimum Gasteiger partial charge on any atom is -0.481 e. The van der Waals surface area contributed by atoms with E-state index in [0.29, 0.717) is 31.4 Å². The molecule has 0 spiro atoms. The van der Waals surface area contributed by atoms with E-state index in [2.05, 4.69) is 11.1 Å². The fourth-order valence-electron chi connectivity index (χ4n) is 10.4. The molecule has 0 saturated carbocycles. The van der Waals surface area contributed by atoms with Crippen LogP contribution in [-0.4, -0.2) is 177 Å². The van der Waals surface area contributed by atoms with Crippen molar-refractivity contribution < 1.29 is 89.9 Å². The number of aliphatic imine (C=N–C) groups is 1. The molecule has 21 atom stereocenters. The van der Waals surface area contributed by atoms with Gasteiger partial charge in [-0.05, 0) is 121 Å². The van der Waals surface area contributed by atoms with Gasteiger partial charge in [-0.1, -0.05) is 71.8 Å². The first-order valence-corrected chi connectivity index (χ1v) is 28.3. The van der Waals surface area contributed by atoms with Crippen molar-refractivity contribution in [2.75, 3.05) is 6.54 Å². The maximum atomic E-state index is 14.3. The number of unbranched alkanes of at least 4 members (excludes halogenated alkanes) is 3. The molecule has 2 bridgehead atoms. The summed E-state index contributed by atoms with van der Waals surface area (Å²) in [6, 6.07) is 0. The number of nitrogens with zero attached hydrogens (tertiary/aromatic N) is 1. The molecule has 2 rings (SSSR count). The molecule has 452 valence electrons. The molecule has 21 nitrogen and oxygen atoms in total. The summed E-state index contributed by atoms with van der Waals surface area (Å²) in [5.74, 6) is -10.2. The largest absolute Gasteiger partial charge is 0.481 e. The molecule has 0 aliphatic carbocycles. The number of nitrogens with two attached hydrogens (primary N) is 2. The van der Waals surface area contributed by atoms with Gasteiger partial charge in [-0.2, -0.15) is 0 Å². The standard InChI is InChI=1S/C57H101N3O18/c1-31(15-12-10-11-13-22-60-56(58)59)23-36(6)53-35(5)17-14-16-34(4)52(72)38(8)45(65)26-41(62)24-40(61)25-42-27-47(67)54(73)57(75,78-42)30-48(68)33(3)18-20-43(63)37(7)46(66)28-44(64)32(2)19-21-49(39(9)55(74)77-53)76-51(71)29-50(69)70/h15-16,19,21,32-33,35-49,52-54,61-68,72-73,75H,10-14,17-18,20,22-30H2,1-9H3,(H,69,70)(H4,58,59,60)/b21-19+,31-15+,34-16+. The Labute approximate surface area is 462 Å². The number of aliphatic hydroxyl groups is 11. The molecule has 0 amide bonds. The highest BCUT2D eigenvalue weighted by atomic mass is 16.7. The van der Waals surface area contributed by atoms with Crippen LogP contribution in [0.2, 0.25) is 0 Å². The zero-order valence-corrected chi connectivity index (χ0v) is 47.8. The van der Waals surface area contributed by atoms with Gasteiger partial charge in [0, 0.05) is 43.6 Å². The predicted molar refractivity (Wildman–Crippen MR) is 293 cm³/mol. The lowest BCUT2D eigenvalue weighted by Crippen LogP contribution is -2.59. The van der Waals surface area contributed by atoms with Crippen LogP contribution in [0.25, 0.3) is 0 Å². The molecular weight excluding hydrogens is 1010 g/mol. The molecule has 0 aromatic carbocycles. The van der Waals surface area contributed by atoms with Crippen LogP contribution in [0, 0.1) is 41.4 Å². The Morgan fingerprint density at radius 3 is 2.06 bits per heavy atom. The van der Waals surface area contributed by atoms with Crippen LogP contribution in [0.5, 0.6) is 0 Å². The number of fused-ring (bicyclic) bond motifs is 2. The van der Waals surface area contributed by atoms with Crippen molar-refractivity contribution in [2.45, 2.75) is 250 Å². The van der Waals surface area contributed by atoms with Crippen molar-refractivity contribution in [1.82, 2.24) is 0 Å². The molecule has 1 fully saturated rings. The van der Waals surface area contributed by atoms with E-state index in [-0.39, 0.29) is 62.7 Å². The summed E-state index contributed by atoms with van der Waals surface area (Å²) < 4.78 is 17.7. The second kappa shape index (κ2) is 34.6. The van der Waals surface area contributed by atoms with Gasteiger partial charge in [-0.15, -0.1) is 0 Å². The number of aliphatic carboxylic acids is 1. The van der Waals surface area contributed by atoms with E-state index in [9.17, 15) is 75.7 Å². The Kier molecular flexibility index (Phi) is 31.3. The smallest absolute Gasteiger partial charge is 0.317 e. The fourth-order valence-corrected chi connectivity index (χ4v) is 10.4. The lowest BCUT2D eigenvalue weighted by atomic mass is 9.83. The lowest BCUT2D eigenvalue weighted by Gasteiger charge is -2.45.